The minimum absolute atomic E-state index is 0.121. The van der Waals surface area contributed by atoms with Gasteiger partial charge in [0.1, 0.15) is 6.33 Å². The van der Waals surface area contributed by atoms with E-state index >= 15 is 0 Å². The predicted molar refractivity (Wildman–Crippen MR) is 118 cm³/mol. The van der Waals surface area contributed by atoms with Crippen LogP contribution < -0.4 is 10.6 Å². The number of carbonyl (C=O) groups is 2. The molecule has 2 N–H and O–H groups in total. The van der Waals surface area contributed by atoms with Gasteiger partial charge in [0, 0.05) is 18.3 Å². The lowest BCUT2D eigenvalue weighted by Crippen LogP contribution is -2.26. The summed E-state index contributed by atoms with van der Waals surface area (Å²) in [4.78, 5) is 24.9. The Balaban J connectivity index is 1.57. The summed E-state index contributed by atoms with van der Waals surface area (Å²) in [6.45, 7) is 4.06. The zero-order chi connectivity index (χ0) is 21.5. The Bertz CT molecular complexity index is 1020. The van der Waals surface area contributed by atoms with Crippen LogP contribution in [0.1, 0.15) is 41.4 Å². The van der Waals surface area contributed by atoms with E-state index in [1.807, 2.05) is 26.1 Å². The van der Waals surface area contributed by atoms with Crippen LogP contribution in [-0.4, -0.2) is 32.3 Å². The first-order valence-electron chi connectivity index (χ1n) is 9.72. The fourth-order valence-electron chi connectivity index (χ4n) is 2.87. The van der Waals surface area contributed by atoms with Crippen molar-refractivity contribution >= 4 is 29.3 Å². The number of aryl methyl sites for hydroxylation is 2. The molecule has 0 aliphatic heterocycles. The molecule has 156 valence electrons. The van der Waals surface area contributed by atoms with Gasteiger partial charge in [-0.15, -0.1) is 10.2 Å². The van der Waals surface area contributed by atoms with E-state index in [1.54, 1.807) is 35.2 Å². The maximum Gasteiger partial charge on any atom is 0.251 e. The Morgan fingerprint density at radius 1 is 1.17 bits per heavy atom. The van der Waals surface area contributed by atoms with Gasteiger partial charge < -0.3 is 15.2 Å². The van der Waals surface area contributed by atoms with Gasteiger partial charge in [-0.25, -0.2) is 0 Å². The lowest BCUT2D eigenvalue weighted by Gasteiger charge is -2.15. The number of amides is 2. The number of aromatic nitrogens is 3. The molecule has 0 radical (unpaired) electrons. The van der Waals surface area contributed by atoms with Crippen molar-refractivity contribution in [2.24, 2.45) is 7.05 Å². The highest BCUT2D eigenvalue weighted by Crippen LogP contribution is 2.17. The lowest BCUT2D eigenvalue weighted by atomic mass is 10.0. The fraction of sp³-hybridized carbons (Fsp3) is 0.273. The van der Waals surface area contributed by atoms with E-state index in [0.717, 1.165) is 12.0 Å². The number of benzene rings is 2. The van der Waals surface area contributed by atoms with Crippen molar-refractivity contribution in [3.8, 4) is 0 Å². The highest BCUT2D eigenvalue weighted by Gasteiger charge is 2.13. The first-order valence-corrected chi connectivity index (χ1v) is 10.7. The zero-order valence-corrected chi connectivity index (χ0v) is 18.1. The molecule has 1 heterocycles. The zero-order valence-electron chi connectivity index (χ0n) is 17.3. The molecule has 30 heavy (non-hydrogen) atoms. The molecule has 3 aromatic rings. The normalized spacial score (nSPS) is 11.7. The molecule has 0 aliphatic rings. The Kier molecular flexibility index (Phi) is 7.24. The smallest absolute Gasteiger partial charge is 0.251 e. The maximum absolute atomic E-state index is 12.7. The fourth-order valence-corrected chi connectivity index (χ4v) is 3.56. The third kappa shape index (κ3) is 5.70. The molecule has 0 saturated carbocycles. The van der Waals surface area contributed by atoms with Crippen molar-refractivity contribution in [2.45, 2.75) is 31.5 Å². The largest absolute Gasteiger partial charge is 0.346 e. The molecule has 1 unspecified atom stereocenters. The minimum Gasteiger partial charge on any atom is -0.346 e. The first-order chi connectivity index (χ1) is 14.5. The molecule has 0 fully saturated rings. The number of thioether (sulfide) groups is 1. The summed E-state index contributed by atoms with van der Waals surface area (Å²) in [5, 5.41) is 14.2. The molecule has 3 rings (SSSR count). The number of rotatable bonds is 8. The molecular formula is C22H25N5O2S. The maximum atomic E-state index is 12.7. The van der Waals surface area contributed by atoms with Crippen molar-refractivity contribution < 1.29 is 9.59 Å². The molecule has 0 bridgehead atoms. The monoisotopic (exact) mass is 423 g/mol. The lowest BCUT2D eigenvalue weighted by molar-refractivity contribution is -0.113. The van der Waals surface area contributed by atoms with Gasteiger partial charge in [0.05, 0.1) is 11.8 Å². The second-order valence-corrected chi connectivity index (χ2v) is 7.87. The van der Waals surface area contributed by atoms with Crippen LogP contribution >= 0.6 is 11.8 Å². The third-order valence-electron chi connectivity index (χ3n) is 4.65. The molecular weight excluding hydrogens is 398 g/mol. The molecule has 1 atom stereocenters. The van der Waals surface area contributed by atoms with Gasteiger partial charge in [0.15, 0.2) is 5.16 Å². The molecule has 7 nitrogen and oxygen atoms in total. The van der Waals surface area contributed by atoms with Crippen molar-refractivity contribution in [2.75, 3.05) is 11.1 Å². The summed E-state index contributed by atoms with van der Waals surface area (Å²) in [5.41, 5.74) is 3.38. The number of nitrogens with zero attached hydrogens (tertiary/aromatic N) is 3. The van der Waals surface area contributed by atoms with Gasteiger partial charge in [-0.2, -0.15) is 0 Å². The number of carbonyl (C=O) groups excluding carboxylic acids is 2. The van der Waals surface area contributed by atoms with Gasteiger partial charge in [-0.05, 0) is 42.7 Å². The van der Waals surface area contributed by atoms with Crippen molar-refractivity contribution in [3.63, 3.8) is 0 Å². The topological polar surface area (TPSA) is 88.9 Å². The number of hydrogen-bond acceptors (Lipinski definition) is 5. The van der Waals surface area contributed by atoms with Crippen LogP contribution in [0, 0.1) is 0 Å². The minimum atomic E-state index is -0.188. The van der Waals surface area contributed by atoms with Crippen molar-refractivity contribution in [3.05, 3.63) is 71.5 Å². The van der Waals surface area contributed by atoms with E-state index in [-0.39, 0.29) is 23.6 Å². The van der Waals surface area contributed by atoms with E-state index in [4.69, 9.17) is 0 Å². The highest BCUT2D eigenvalue weighted by molar-refractivity contribution is 7.99. The van der Waals surface area contributed by atoms with Crippen LogP contribution in [-0.2, 0) is 18.3 Å². The molecule has 0 aliphatic carbocycles. The van der Waals surface area contributed by atoms with Gasteiger partial charge in [0.2, 0.25) is 5.91 Å². The van der Waals surface area contributed by atoms with Crippen LogP contribution in [0.25, 0.3) is 0 Å². The second kappa shape index (κ2) is 10.1. The van der Waals surface area contributed by atoms with Crippen molar-refractivity contribution in [1.29, 1.82) is 0 Å². The van der Waals surface area contributed by atoms with E-state index in [2.05, 4.69) is 39.9 Å². The van der Waals surface area contributed by atoms with Gasteiger partial charge in [0.25, 0.3) is 5.91 Å². The second-order valence-electron chi connectivity index (χ2n) is 6.93. The Morgan fingerprint density at radius 2 is 1.93 bits per heavy atom. The number of nitrogens with one attached hydrogen (secondary N) is 2. The average Bonchev–Trinajstić information content (AvgIpc) is 3.17. The Morgan fingerprint density at radius 3 is 2.60 bits per heavy atom. The van der Waals surface area contributed by atoms with Crippen LogP contribution in [0.2, 0.25) is 0 Å². The third-order valence-corrected chi connectivity index (χ3v) is 5.68. The molecule has 8 heteroatoms. The van der Waals surface area contributed by atoms with Crippen LogP contribution in [0.5, 0.6) is 0 Å². The summed E-state index contributed by atoms with van der Waals surface area (Å²) in [6.07, 6.45) is 2.57. The Labute approximate surface area is 180 Å². The van der Waals surface area contributed by atoms with Crippen LogP contribution in [0.3, 0.4) is 0 Å². The van der Waals surface area contributed by atoms with Crippen LogP contribution in [0.4, 0.5) is 5.69 Å². The summed E-state index contributed by atoms with van der Waals surface area (Å²) in [7, 11) is 1.82. The molecule has 1 aromatic heterocycles. The van der Waals surface area contributed by atoms with E-state index in [9.17, 15) is 9.59 Å². The SMILES string of the molecule is CCc1ccc(C(C)NC(=O)c2cccc(NC(=O)CSc3nncn3C)c2)cc1. The Hall–Kier alpha value is -3.13. The quantitative estimate of drug-likeness (QED) is 0.541. The van der Waals surface area contributed by atoms with Gasteiger partial charge >= 0.3 is 0 Å². The van der Waals surface area contributed by atoms with E-state index < -0.39 is 0 Å². The number of anilines is 1. The molecule has 0 spiro atoms. The summed E-state index contributed by atoms with van der Waals surface area (Å²) >= 11 is 1.30. The summed E-state index contributed by atoms with van der Waals surface area (Å²) in [5.74, 6) is -0.162. The molecule has 2 aromatic carbocycles. The average molecular weight is 424 g/mol. The molecule has 2 amide bonds. The summed E-state index contributed by atoms with van der Waals surface area (Å²) < 4.78 is 1.75. The van der Waals surface area contributed by atoms with Crippen LogP contribution in [0.15, 0.2) is 60.0 Å². The standard InChI is InChI=1S/C22H25N5O2S/c1-4-16-8-10-17(11-9-16)15(2)24-21(29)18-6-5-7-19(12-18)25-20(28)13-30-22-26-23-14-27(22)3/h5-12,14-15H,4,13H2,1-3H3,(H,24,29)(H,25,28). The highest BCUT2D eigenvalue weighted by atomic mass is 32.2. The molecule has 0 saturated heterocycles. The first kappa shape index (κ1) is 21.6. The number of hydrogen-bond donors (Lipinski definition) is 2. The summed E-state index contributed by atoms with van der Waals surface area (Å²) in [6, 6.07) is 15.0. The van der Waals surface area contributed by atoms with Gasteiger partial charge in [-0.1, -0.05) is 49.0 Å². The van der Waals surface area contributed by atoms with Gasteiger partial charge in [-0.3, -0.25) is 9.59 Å². The predicted octanol–water partition coefficient (Wildman–Crippen LogP) is 3.60. The van der Waals surface area contributed by atoms with E-state index in [0.29, 0.717) is 16.4 Å². The van der Waals surface area contributed by atoms with Crippen molar-refractivity contribution in [1.82, 2.24) is 20.1 Å². The van der Waals surface area contributed by atoms with E-state index in [1.165, 1.54) is 17.3 Å².